The van der Waals surface area contributed by atoms with Crippen molar-refractivity contribution in [2.75, 3.05) is 26.7 Å². The molecule has 3 heteroatoms. The van der Waals surface area contributed by atoms with Gasteiger partial charge in [0.15, 0.2) is 5.78 Å². The first-order chi connectivity index (χ1) is 9.70. The number of carbonyl (C=O) groups excluding carboxylic acids is 1. The van der Waals surface area contributed by atoms with E-state index in [2.05, 4.69) is 4.90 Å². The first-order valence-electron chi connectivity index (χ1n) is 7.54. The Hall–Kier alpha value is -1.19. The standard InChI is InChI=1S/C17H25NO2/c1-14-6-3-4-7-16(14)17(19)8-5-11-18-12-9-15(20-2)10-13-18/h3-4,6-7,15H,5,8-13H2,1-2H3. The molecule has 1 saturated heterocycles. The molecule has 0 spiro atoms. The average Bonchev–Trinajstić information content (AvgIpc) is 2.48. The van der Waals surface area contributed by atoms with Gasteiger partial charge in [0.2, 0.25) is 0 Å². The van der Waals surface area contributed by atoms with Crippen LogP contribution in [0.2, 0.25) is 0 Å². The summed E-state index contributed by atoms with van der Waals surface area (Å²) in [6.45, 7) is 5.21. The molecule has 1 aliphatic heterocycles. The number of methoxy groups -OCH3 is 1. The van der Waals surface area contributed by atoms with Crippen molar-refractivity contribution in [1.29, 1.82) is 0 Å². The number of rotatable bonds is 6. The van der Waals surface area contributed by atoms with Gasteiger partial charge in [0.05, 0.1) is 6.10 Å². The minimum atomic E-state index is 0.273. The van der Waals surface area contributed by atoms with Gasteiger partial charge in [-0.2, -0.15) is 0 Å². The van der Waals surface area contributed by atoms with Crippen LogP contribution in [0.15, 0.2) is 24.3 Å². The van der Waals surface area contributed by atoms with Crippen molar-refractivity contribution in [3.8, 4) is 0 Å². The normalized spacial score (nSPS) is 17.3. The zero-order valence-corrected chi connectivity index (χ0v) is 12.6. The lowest BCUT2D eigenvalue weighted by atomic mass is 10.0. The summed E-state index contributed by atoms with van der Waals surface area (Å²) in [5, 5.41) is 0. The third kappa shape index (κ3) is 4.15. The molecule has 0 saturated carbocycles. The van der Waals surface area contributed by atoms with Crippen molar-refractivity contribution < 1.29 is 9.53 Å². The zero-order chi connectivity index (χ0) is 14.4. The molecular weight excluding hydrogens is 250 g/mol. The lowest BCUT2D eigenvalue weighted by Gasteiger charge is -2.31. The lowest BCUT2D eigenvalue weighted by Crippen LogP contribution is -2.37. The van der Waals surface area contributed by atoms with Crippen LogP contribution in [-0.4, -0.2) is 43.5 Å². The van der Waals surface area contributed by atoms with E-state index < -0.39 is 0 Å². The van der Waals surface area contributed by atoms with E-state index in [1.165, 1.54) is 0 Å². The van der Waals surface area contributed by atoms with Crippen LogP contribution < -0.4 is 0 Å². The van der Waals surface area contributed by atoms with E-state index in [0.717, 1.165) is 50.0 Å². The fourth-order valence-corrected chi connectivity index (χ4v) is 2.85. The number of ketones is 1. The maximum atomic E-state index is 12.2. The highest BCUT2D eigenvalue weighted by Crippen LogP contribution is 2.15. The molecule has 0 amide bonds. The van der Waals surface area contributed by atoms with E-state index >= 15 is 0 Å². The molecule has 1 aromatic carbocycles. The molecule has 1 fully saturated rings. The Bertz CT molecular complexity index is 436. The molecule has 0 radical (unpaired) electrons. The van der Waals surface area contributed by atoms with Crippen LogP contribution >= 0.6 is 0 Å². The predicted molar refractivity (Wildman–Crippen MR) is 81.2 cm³/mol. The van der Waals surface area contributed by atoms with Crippen LogP contribution in [-0.2, 0) is 4.74 Å². The van der Waals surface area contributed by atoms with Crippen molar-refractivity contribution in [2.24, 2.45) is 0 Å². The Morgan fingerprint density at radius 3 is 2.65 bits per heavy atom. The van der Waals surface area contributed by atoms with E-state index in [-0.39, 0.29) is 5.78 Å². The zero-order valence-electron chi connectivity index (χ0n) is 12.6. The number of hydrogen-bond acceptors (Lipinski definition) is 3. The largest absolute Gasteiger partial charge is 0.381 e. The van der Waals surface area contributed by atoms with Gasteiger partial charge in [0, 0.05) is 32.2 Å². The number of aryl methyl sites for hydroxylation is 1. The quantitative estimate of drug-likeness (QED) is 0.747. The van der Waals surface area contributed by atoms with E-state index in [9.17, 15) is 4.79 Å². The number of ether oxygens (including phenoxy) is 1. The number of hydrogen-bond donors (Lipinski definition) is 0. The molecule has 0 atom stereocenters. The Kier molecular flexibility index (Phi) is 5.74. The van der Waals surface area contributed by atoms with Gasteiger partial charge in [-0.05, 0) is 38.3 Å². The number of nitrogens with zero attached hydrogens (tertiary/aromatic N) is 1. The van der Waals surface area contributed by atoms with Gasteiger partial charge in [-0.3, -0.25) is 4.79 Å². The van der Waals surface area contributed by atoms with Crippen LogP contribution in [0.4, 0.5) is 0 Å². The van der Waals surface area contributed by atoms with Gasteiger partial charge >= 0.3 is 0 Å². The highest BCUT2D eigenvalue weighted by molar-refractivity contribution is 5.97. The SMILES string of the molecule is COC1CCN(CCCC(=O)c2ccccc2C)CC1. The van der Waals surface area contributed by atoms with Crippen molar-refractivity contribution in [3.63, 3.8) is 0 Å². The van der Waals surface area contributed by atoms with Gasteiger partial charge in [0.1, 0.15) is 0 Å². The van der Waals surface area contributed by atoms with Gasteiger partial charge in [0.25, 0.3) is 0 Å². The summed E-state index contributed by atoms with van der Waals surface area (Å²) in [6, 6.07) is 7.85. The highest BCUT2D eigenvalue weighted by Gasteiger charge is 2.18. The van der Waals surface area contributed by atoms with Gasteiger partial charge in [-0.1, -0.05) is 24.3 Å². The fraction of sp³-hybridized carbons (Fsp3) is 0.588. The average molecular weight is 275 g/mol. The van der Waals surface area contributed by atoms with Crippen molar-refractivity contribution in [1.82, 2.24) is 4.90 Å². The number of likely N-dealkylation sites (tertiary alicyclic amines) is 1. The monoisotopic (exact) mass is 275 g/mol. The molecule has 0 bridgehead atoms. The Morgan fingerprint density at radius 2 is 2.00 bits per heavy atom. The van der Waals surface area contributed by atoms with Crippen molar-refractivity contribution in [2.45, 2.75) is 38.7 Å². The second-order valence-electron chi connectivity index (χ2n) is 5.62. The van der Waals surface area contributed by atoms with Crippen molar-refractivity contribution >= 4 is 5.78 Å². The van der Waals surface area contributed by atoms with Crippen LogP contribution in [0.25, 0.3) is 0 Å². The fourth-order valence-electron chi connectivity index (χ4n) is 2.85. The molecule has 0 aliphatic carbocycles. The van der Waals surface area contributed by atoms with Crippen LogP contribution in [0.3, 0.4) is 0 Å². The van der Waals surface area contributed by atoms with Crippen LogP contribution in [0, 0.1) is 6.92 Å². The number of piperidine rings is 1. The molecule has 1 aliphatic rings. The third-order valence-electron chi connectivity index (χ3n) is 4.19. The Labute approximate surface area is 121 Å². The molecule has 20 heavy (non-hydrogen) atoms. The summed E-state index contributed by atoms with van der Waals surface area (Å²) in [6.07, 6.45) is 4.25. The molecule has 0 unspecified atom stereocenters. The molecule has 2 rings (SSSR count). The van der Waals surface area contributed by atoms with E-state index in [0.29, 0.717) is 12.5 Å². The number of Topliss-reactive ketones (excluding diaryl/α,β-unsaturated/α-hetero) is 1. The molecular formula is C17H25NO2. The second-order valence-corrected chi connectivity index (χ2v) is 5.62. The lowest BCUT2D eigenvalue weighted by molar-refractivity contribution is 0.0406. The molecule has 3 nitrogen and oxygen atoms in total. The Balaban J connectivity index is 1.71. The summed E-state index contributed by atoms with van der Waals surface area (Å²) >= 11 is 0. The van der Waals surface area contributed by atoms with E-state index in [1.54, 1.807) is 7.11 Å². The topological polar surface area (TPSA) is 29.5 Å². The first-order valence-corrected chi connectivity index (χ1v) is 7.54. The van der Waals surface area contributed by atoms with Gasteiger partial charge in [-0.15, -0.1) is 0 Å². The predicted octanol–water partition coefficient (Wildman–Crippen LogP) is 3.07. The third-order valence-corrected chi connectivity index (χ3v) is 4.19. The minimum Gasteiger partial charge on any atom is -0.381 e. The van der Waals surface area contributed by atoms with Crippen LogP contribution in [0.1, 0.15) is 41.6 Å². The first kappa shape index (κ1) is 15.2. The summed E-state index contributed by atoms with van der Waals surface area (Å²) in [4.78, 5) is 14.6. The number of benzene rings is 1. The van der Waals surface area contributed by atoms with Crippen LogP contribution in [0.5, 0.6) is 0 Å². The summed E-state index contributed by atoms with van der Waals surface area (Å²) in [5.41, 5.74) is 1.96. The molecule has 0 aromatic heterocycles. The summed E-state index contributed by atoms with van der Waals surface area (Å²) < 4.78 is 5.37. The summed E-state index contributed by atoms with van der Waals surface area (Å²) in [5.74, 6) is 0.273. The molecule has 0 N–H and O–H groups in total. The van der Waals surface area contributed by atoms with Gasteiger partial charge < -0.3 is 9.64 Å². The highest BCUT2D eigenvalue weighted by atomic mass is 16.5. The summed E-state index contributed by atoms with van der Waals surface area (Å²) in [7, 11) is 1.79. The smallest absolute Gasteiger partial charge is 0.163 e. The molecule has 1 heterocycles. The second kappa shape index (κ2) is 7.55. The number of carbonyl (C=O) groups is 1. The van der Waals surface area contributed by atoms with E-state index in [4.69, 9.17) is 4.74 Å². The van der Waals surface area contributed by atoms with Gasteiger partial charge in [-0.25, -0.2) is 0 Å². The maximum absolute atomic E-state index is 12.2. The maximum Gasteiger partial charge on any atom is 0.163 e. The Morgan fingerprint density at radius 1 is 1.30 bits per heavy atom. The molecule has 1 aromatic rings. The van der Waals surface area contributed by atoms with E-state index in [1.807, 2.05) is 31.2 Å². The van der Waals surface area contributed by atoms with Crippen molar-refractivity contribution in [3.05, 3.63) is 35.4 Å². The molecule has 110 valence electrons. The minimum absolute atomic E-state index is 0.273.